The highest BCUT2D eigenvalue weighted by molar-refractivity contribution is 5.46. The molecular weight excluding hydrogens is 434 g/mol. The molecule has 4 rings (SSSR count). The summed E-state index contributed by atoms with van der Waals surface area (Å²) in [5.74, 6) is 3.01. The molecule has 4 nitrogen and oxygen atoms in total. The highest BCUT2D eigenvalue weighted by Crippen LogP contribution is 2.33. The topological polar surface area (TPSA) is 53.7 Å². The molecule has 186 valence electrons. The van der Waals surface area contributed by atoms with Crippen LogP contribution in [0.1, 0.15) is 85.6 Å². The Balaban J connectivity index is 1.34. The van der Waals surface area contributed by atoms with Crippen LogP contribution in [0.15, 0.2) is 66.7 Å². The molecule has 4 heteroatoms. The van der Waals surface area contributed by atoms with E-state index in [0.717, 1.165) is 28.4 Å². The molecule has 0 bridgehead atoms. The lowest BCUT2D eigenvalue weighted by Crippen LogP contribution is -2.13. The fourth-order valence-electron chi connectivity index (χ4n) is 5.05. The van der Waals surface area contributed by atoms with Crippen LogP contribution in [0.5, 0.6) is 17.2 Å². The number of rotatable bonds is 8. The van der Waals surface area contributed by atoms with Gasteiger partial charge >= 0.3 is 0 Å². The quantitative estimate of drug-likeness (QED) is 0.367. The van der Waals surface area contributed by atoms with Gasteiger partial charge in [-0.3, -0.25) is 0 Å². The van der Waals surface area contributed by atoms with Crippen molar-refractivity contribution in [3.63, 3.8) is 0 Å². The molecule has 3 aromatic rings. The van der Waals surface area contributed by atoms with Gasteiger partial charge in [-0.25, -0.2) is 0 Å². The minimum absolute atomic E-state index is 0.296. The maximum atomic E-state index is 6.54. The van der Waals surface area contributed by atoms with Crippen LogP contribution < -0.4 is 19.9 Å². The summed E-state index contributed by atoms with van der Waals surface area (Å²) < 4.78 is 16.9. The lowest BCUT2D eigenvalue weighted by atomic mass is 9.89. The van der Waals surface area contributed by atoms with Gasteiger partial charge in [0, 0.05) is 11.6 Å². The molecule has 1 aliphatic carbocycles. The SMILES string of the molecule is COc1ccc(C(N)c2ccc(OCc3ccc(C4CCCCCCCC4)cc3)cc2)c(OC)c1. The monoisotopic (exact) mass is 473 g/mol. The molecule has 1 unspecified atom stereocenters. The maximum absolute atomic E-state index is 6.54. The fraction of sp³-hybridized carbons (Fsp3) is 0.419. The van der Waals surface area contributed by atoms with Gasteiger partial charge in [-0.15, -0.1) is 0 Å². The highest BCUT2D eigenvalue weighted by atomic mass is 16.5. The Bertz CT molecular complexity index is 1040. The van der Waals surface area contributed by atoms with Gasteiger partial charge in [0.1, 0.15) is 23.9 Å². The third-order valence-corrected chi connectivity index (χ3v) is 7.23. The molecule has 0 aliphatic heterocycles. The predicted molar refractivity (Wildman–Crippen MR) is 142 cm³/mol. The van der Waals surface area contributed by atoms with Gasteiger partial charge in [0.15, 0.2) is 0 Å². The molecule has 1 saturated carbocycles. The van der Waals surface area contributed by atoms with Gasteiger partial charge in [0.2, 0.25) is 0 Å². The van der Waals surface area contributed by atoms with Crippen molar-refractivity contribution in [2.75, 3.05) is 14.2 Å². The van der Waals surface area contributed by atoms with Crippen molar-refractivity contribution < 1.29 is 14.2 Å². The minimum Gasteiger partial charge on any atom is -0.497 e. The highest BCUT2D eigenvalue weighted by Gasteiger charge is 2.16. The molecule has 0 amide bonds. The lowest BCUT2D eigenvalue weighted by Gasteiger charge is -2.18. The Kier molecular flexibility index (Phi) is 9.08. The van der Waals surface area contributed by atoms with Crippen LogP contribution in [0.25, 0.3) is 0 Å². The van der Waals surface area contributed by atoms with E-state index in [1.165, 1.54) is 62.5 Å². The molecule has 1 aliphatic rings. The summed E-state index contributed by atoms with van der Waals surface area (Å²) in [7, 11) is 3.29. The van der Waals surface area contributed by atoms with Gasteiger partial charge in [-0.05, 0) is 59.7 Å². The molecule has 3 aromatic carbocycles. The summed E-state index contributed by atoms with van der Waals surface area (Å²) in [4.78, 5) is 0. The third-order valence-electron chi connectivity index (χ3n) is 7.23. The predicted octanol–water partition coefficient (Wildman–Crippen LogP) is 7.55. The van der Waals surface area contributed by atoms with Gasteiger partial charge in [0.25, 0.3) is 0 Å². The number of ether oxygens (including phenoxy) is 3. The van der Waals surface area contributed by atoms with E-state index in [9.17, 15) is 0 Å². The van der Waals surface area contributed by atoms with Crippen LogP contribution >= 0.6 is 0 Å². The zero-order valence-electron chi connectivity index (χ0n) is 21.2. The summed E-state index contributed by atoms with van der Waals surface area (Å²) in [6.45, 7) is 0.558. The van der Waals surface area contributed by atoms with Gasteiger partial charge in [-0.1, -0.05) is 74.9 Å². The average Bonchev–Trinajstić information content (AvgIpc) is 3.06. The molecule has 0 radical (unpaired) electrons. The lowest BCUT2D eigenvalue weighted by molar-refractivity contribution is 0.306. The zero-order valence-corrected chi connectivity index (χ0v) is 21.2. The van der Waals surface area contributed by atoms with Crippen molar-refractivity contribution in [3.8, 4) is 17.2 Å². The molecule has 0 saturated heterocycles. The second-order valence-electron chi connectivity index (χ2n) is 9.58. The molecule has 1 fully saturated rings. The van der Waals surface area contributed by atoms with Crippen LogP contribution in [0.4, 0.5) is 0 Å². The largest absolute Gasteiger partial charge is 0.497 e. The van der Waals surface area contributed by atoms with E-state index < -0.39 is 0 Å². The van der Waals surface area contributed by atoms with E-state index in [1.807, 2.05) is 42.5 Å². The Morgan fingerprint density at radius 2 is 1.37 bits per heavy atom. The van der Waals surface area contributed by atoms with Crippen molar-refractivity contribution in [1.29, 1.82) is 0 Å². The molecule has 2 N–H and O–H groups in total. The Labute approximate surface area is 210 Å². The Morgan fingerprint density at radius 1 is 0.743 bits per heavy atom. The second-order valence-corrected chi connectivity index (χ2v) is 9.58. The summed E-state index contributed by atoms with van der Waals surface area (Å²) in [5.41, 5.74) is 11.1. The van der Waals surface area contributed by atoms with Crippen LogP contribution in [0, 0.1) is 0 Å². The smallest absolute Gasteiger partial charge is 0.127 e. The van der Waals surface area contributed by atoms with E-state index in [2.05, 4.69) is 24.3 Å². The van der Waals surface area contributed by atoms with Gasteiger partial charge in [0.05, 0.1) is 20.3 Å². The van der Waals surface area contributed by atoms with Crippen LogP contribution in [-0.4, -0.2) is 14.2 Å². The molecule has 0 spiro atoms. The first-order valence-corrected chi connectivity index (χ1v) is 13.0. The van der Waals surface area contributed by atoms with Crippen molar-refractivity contribution >= 4 is 0 Å². The fourth-order valence-corrected chi connectivity index (χ4v) is 5.05. The molecule has 35 heavy (non-hydrogen) atoms. The van der Waals surface area contributed by atoms with Gasteiger partial charge < -0.3 is 19.9 Å². The third kappa shape index (κ3) is 6.79. The van der Waals surface area contributed by atoms with Gasteiger partial charge in [-0.2, -0.15) is 0 Å². The van der Waals surface area contributed by atoms with Crippen LogP contribution in [-0.2, 0) is 6.61 Å². The van der Waals surface area contributed by atoms with E-state index in [-0.39, 0.29) is 6.04 Å². The second kappa shape index (κ2) is 12.6. The number of hydrogen-bond acceptors (Lipinski definition) is 4. The number of benzene rings is 3. The van der Waals surface area contributed by atoms with E-state index in [1.54, 1.807) is 14.2 Å². The Morgan fingerprint density at radius 3 is 2.00 bits per heavy atom. The first-order valence-electron chi connectivity index (χ1n) is 13.0. The molecule has 0 heterocycles. The van der Waals surface area contributed by atoms with E-state index in [0.29, 0.717) is 12.5 Å². The van der Waals surface area contributed by atoms with E-state index in [4.69, 9.17) is 19.9 Å². The first kappa shape index (κ1) is 25.1. The maximum Gasteiger partial charge on any atom is 0.127 e. The number of methoxy groups -OCH3 is 2. The van der Waals surface area contributed by atoms with Crippen molar-refractivity contribution in [2.45, 2.75) is 69.9 Å². The van der Waals surface area contributed by atoms with Crippen LogP contribution in [0.3, 0.4) is 0 Å². The summed E-state index contributed by atoms with van der Waals surface area (Å²) >= 11 is 0. The zero-order chi connectivity index (χ0) is 24.5. The molecular formula is C31H39NO3. The summed E-state index contributed by atoms with van der Waals surface area (Å²) in [6, 6.07) is 22.5. The number of hydrogen-bond donors (Lipinski definition) is 1. The Hall–Kier alpha value is -2.98. The van der Waals surface area contributed by atoms with Crippen molar-refractivity contribution in [1.82, 2.24) is 0 Å². The standard InChI is InChI=1S/C31H39NO3/c1-33-28-19-20-29(30(21-28)34-2)31(32)26-15-17-27(18-16-26)35-22-23-11-13-25(14-12-23)24-9-7-5-3-4-6-8-10-24/h11-21,24,31H,3-10,22,32H2,1-2H3. The number of nitrogens with two attached hydrogens (primary N) is 1. The summed E-state index contributed by atoms with van der Waals surface area (Å²) in [6.07, 6.45) is 11.0. The first-order chi connectivity index (χ1) is 17.2. The van der Waals surface area contributed by atoms with Crippen molar-refractivity contribution in [3.05, 3.63) is 89.0 Å². The molecule has 0 aromatic heterocycles. The van der Waals surface area contributed by atoms with Crippen molar-refractivity contribution in [2.24, 2.45) is 5.73 Å². The average molecular weight is 474 g/mol. The molecule has 1 atom stereocenters. The minimum atomic E-state index is -0.296. The van der Waals surface area contributed by atoms with Crippen LogP contribution in [0.2, 0.25) is 0 Å². The van der Waals surface area contributed by atoms with E-state index >= 15 is 0 Å². The summed E-state index contributed by atoms with van der Waals surface area (Å²) in [5, 5.41) is 0. The normalized spacial score (nSPS) is 16.0.